The molecule has 2 N–H and O–H groups in total. The first-order chi connectivity index (χ1) is 14.5. The summed E-state index contributed by atoms with van der Waals surface area (Å²) in [5, 5.41) is 14.9. The zero-order valence-corrected chi connectivity index (χ0v) is 17.9. The molecule has 9 nitrogen and oxygen atoms in total. The molecule has 1 atom stereocenters. The zero-order chi connectivity index (χ0) is 21.1. The summed E-state index contributed by atoms with van der Waals surface area (Å²) in [6.07, 6.45) is 2.23. The molecule has 160 valence electrons. The molecule has 4 rings (SSSR count). The van der Waals surface area contributed by atoms with Gasteiger partial charge in [-0.05, 0) is 44.0 Å². The normalized spacial score (nSPS) is 17.5. The molecule has 1 aliphatic heterocycles. The number of anilines is 3. The number of hydrogen-bond donors (Lipinski definition) is 2. The summed E-state index contributed by atoms with van der Waals surface area (Å²) in [6.45, 7) is 6.32. The number of aromatic nitrogens is 3. The van der Waals surface area contributed by atoms with Gasteiger partial charge in [0.15, 0.2) is 5.16 Å². The van der Waals surface area contributed by atoms with E-state index in [1.165, 1.54) is 18.7 Å². The maximum atomic E-state index is 12.7. The Kier molecular flexibility index (Phi) is 6.24. The molecule has 1 saturated carbocycles. The standard InChI is InChI=1S/C20H26N6O3S/c1-13(18(28)22-16-5-3-15(4-6-16)21-14(2)27)30-20-24-23-19(26(20)17-7-8-17)25-9-11-29-12-10-25/h3-6,13,17H,7-12H2,1-2H3,(H,21,27)(H,22,28). The first kappa shape index (κ1) is 20.7. The van der Waals surface area contributed by atoms with Crippen LogP contribution in [0.15, 0.2) is 29.4 Å². The molecule has 1 aromatic carbocycles. The smallest absolute Gasteiger partial charge is 0.237 e. The number of carbonyl (C=O) groups is 2. The number of benzene rings is 1. The number of ether oxygens (including phenoxy) is 1. The third-order valence-electron chi connectivity index (χ3n) is 4.98. The number of carbonyl (C=O) groups excluding carboxylic acids is 2. The molecule has 2 fully saturated rings. The molecule has 10 heteroatoms. The zero-order valence-electron chi connectivity index (χ0n) is 17.1. The summed E-state index contributed by atoms with van der Waals surface area (Å²) in [7, 11) is 0. The highest BCUT2D eigenvalue weighted by molar-refractivity contribution is 8.00. The fourth-order valence-corrected chi connectivity index (χ4v) is 4.19. The third-order valence-corrected chi connectivity index (χ3v) is 6.03. The van der Waals surface area contributed by atoms with Crippen LogP contribution in [0.5, 0.6) is 0 Å². The first-order valence-electron chi connectivity index (χ1n) is 10.1. The fraction of sp³-hybridized carbons (Fsp3) is 0.500. The number of thioether (sulfide) groups is 1. The van der Waals surface area contributed by atoms with Gasteiger partial charge in [0.2, 0.25) is 17.8 Å². The van der Waals surface area contributed by atoms with Crippen LogP contribution in [-0.2, 0) is 14.3 Å². The molecular weight excluding hydrogens is 404 g/mol. The molecule has 0 radical (unpaired) electrons. The van der Waals surface area contributed by atoms with Crippen LogP contribution in [0.25, 0.3) is 0 Å². The number of hydrogen-bond acceptors (Lipinski definition) is 7. The van der Waals surface area contributed by atoms with E-state index in [1.807, 2.05) is 6.92 Å². The van der Waals surface area contributed by atoms with Gasteiger partial charge in [-0.3, -0.25) is 14.2 Å². The topological polar surface area (TPSA) is 101 Å². The summed E-state index contributed by atoms with van der Waals surface area (Å²) in [5.74, 6) is 0.642. The van der Waals surface area contributed by atoms with Crippen molar-refractivity contribution in [2.75, 3.05) is 41.8 Å². The van der Waals surface area contributed by atoms with Gasteiger partial charge in [0, 0.05) is 37.4 Å². The maximum Gasteiger partial charge on any atom is 0.237 e. The summed E-state index contributed by atoms with van der Waals surface area (Å²) in [6, 6.07) is 7.46. The van der Waals surface area contributed by atoms with Crippen LogP contribution < -0.4 is 15.5 Å². The highest BCUT2D eigenvalue weighted by atomic mass is 32.2. The average molecular weight is 431 g/mol. The van der Waals surface area contributed by atoms with Gasteiger partial charge in [0.1, 0.15) is 0 Å². The van der Waals surface area contributed by atoms with Gasteiger partial charge in [0.05, 0.1) is 18.5 Å². The number of nitrogens with one attached hydrogen (secondary N) is 2. The van der Waals surface area contributed by atoms with Crippen molar-refractivity contribution in [1.29, 1.82) is 0 Å². The largest absolute Gasteiger partial charge is 0.378 e. The van der Waals surface area contributed by atoms with E-state index in [9.17, 15) is 9.59 Å². The molecule has 2 amide bonds. The second-order valence-corrected chi connectivity index (χ2v) is 8.80. The SMILES string of the molecule is CC(=O)Nc1ccc(NC(=O)C(C)Sc2nnc(N3CCOCC3)n2C2CC2)cc1. The van der Waals surface area contributed by atoms with Crippen LogP contribution >= 0.6 is 11.8 Å². The highest BCUT2D eigenvalue weighted by Gasteiger charge is 2.33. The molecule has 0 spiro atoms. The summed E-state index contributed by atoms with van der Waals surface area (Å²) < 4.78 is 7.63. The molecule has 1 saturated heterocycles. The van der Waals surface area contributed by atoms with E-state index in [4.69, 9.17) is 4.74 Å². The van der Waals surface area contributed by atoms with Crippen molar-refractivity contribution in [1.82, 2.24) is 14.8 Å². The van der Waals surface area contributed by atoms with Crippen LogP contribution in [0.4, 0.5) is 17.3 Å². The number of rotatable bonds is 7. The lowest BCUT2D eigenvalue weighted by molar-refractivity contribution is -0.115. The van der Waals surface area contributed by atoms with E-state index in [-0.39, 0.29) is 17.1 Å². The van der Waals surface area contributed by atoms with Gasteiger partial charge in [-0.2, -0.15) is 0 Å². The second-order valence-electron chi connectivity index (χ2n) is 7.49. The predicted octanol–water partition coefficient (Wildman–Crippen LogP) is 2.53. The van der Waals surface area contributed by atoms with Crippen molar-refractivity contribution in [3.8, 4) is 0 Å². The van der Waals surface area contributed by atoms with E-state index in [2.05, 4.69) is 30.3 Å². The molecule has 2 aliphatic rings. The van der Waals surface area contributed by atoms with Gasteiger partial charge >= 0.3 is 0 Å². The van der Waals surface area contributed by atoms with E-state index in [0.29, 0.717) is 30.6 Å². The molecule has 2 aromatic rings. The number of morpholine rings is 1. The minimum atomic E-state index is -0.334. The van der Waals surface area contributed by atoms with Crippen molar-refractivity contribution < 1.29 is 14.3 Å². The summed E-state index contributed by atoms with van der Waals surface area (Å²) >= 11 is 1.42. The molecule has 1 unspecified atom stereocenters. The monoisotopic (exact) mass is 430 g/mol. The van der Waals surface area contributed by atoms with Gasteiger partial charge in [-0.15, -0.1) is 10.2 Å². The van der Waals surface area contributed by atoms with E-state index < -0.39 is 0 Å². The Bertz CT molecular complexity index is 906. The van der Waals surface area contributed by atoms with Crippen LogP contribution in [0.2, 0.25) is 0 Å². The van der Waals surface area contributed by atoms with Gasteiger partial charge in [0.25, 0.3) is 0 Å². The first-order valence-corrected chi connectivity index (χ1v) is 11.0. The van der Waals surface area contributed by atoms with Gasteiger partial charge < -0.3 is 20.3 Å². The second kappa shape index (κ2) is 9.05. The minimum absolute atomic E-state index is 0.106. The Morgan fingerprint density at radius 3 is 2.33 bits per heavy atom. The lowest BCUT2D eigenvalue weighted by atomic mass is 10.2. The molecular formula is C20H26N6O3S. The van der Waals surface area contributed by atoms with Crippen molar-refractivity contribution in [2.45, 2.75) is 43.1 Å². The van der Waals surface area contributed by atoms with Crippen molar-refractivity contribution >= 4 is 40.9 Å². The van der Waals surface area contributed by atoms with Crippen molar-refractivity contribution in [2.24, 2.45) is 0 Å². The van der Waals surface area contributed by atoms with Crippen LogP contribution in [-0.4, -0.2) is 58.1 Å². The quantitative estimate of drug-likeness (QED) is 0.651. The molecule has 30 heavy (non-hydrogen) atoms. The minimum Gasteiger partial charge on any atom is -0.378 e. The lowest BCUT2D eigenvalue weighted by Gasteiger charge is -2.28. The van der Waals surface area contributed by atoms with E-state index >= 15 is 0 Å². The van der Waals surface area contributed by atoms with E-state index in [0.717, 1.165) is 37.0 Å². The van der Waals surface area contributed by atoms with E-state index in [1.54, 1.807) is 24.3 Å². The fourth-order valence-electron chi connectivity index (χ4n) is 3.28. The predicted molar refractivity (Wildman–Crippen MR) is 116 cm³/mol. The number of amides is 2. The molecule has 1 aromatic heterocycles. The third kappa shape index (κ3) is 4.93. The molecule has 0 bridgehead atoms. The Balaban J connectivity index is 1.40. The molecule has 2 heterocycles. The van der Waals surface area contributed by atoms with Crippen LogP contribution in [0.1, 0.15) is 32.7 Å². The molecule has 1 aliphatic carbocycles. The Labute approximate surface area is 179 Å². The summed E-state index contributed by atoms with van der Waals surface area (Å²) in [5.41, 5.74) is 1.37. The number of nitrogens with zero attached hydrogens (tertiary/aromatic N) is 4. The Morgan fingerprint density at radius 1 is 1.10 bits per heavy atom. The van der Waals surface area contributed by atoms with Gasteiger partial charge in [-0.1, -0.05) is 11.8 Å². The summed E-state index contributed by atoms with van der Waals surface area (Å²) in [4.78, 5) is 26.0. The lowest BCUT2D eigenvalue weighted by Crippen LogP contribution is -2.38. The van der Waals surface area contributed by atoms with Crippen molar-refractivity contribution in [3.63, 3.8) is 0 Å². The van der Waals surface area contributed by atoms with Crippen molar-refractivity contribution in [3.05, 3.63) is 24.3 Å². The van der Waals surface area contributed by atoms with Gasteiger partial charge in [-0.25, -0.2) is 0 Å². The maximum absolute atomic E-state index is 12.7. The Hall–Kier alpha value is -2.59. The highest BCUT2D eigenvalue weighted by Crippen LogP contribution is 2.41. The average Bonchev–Trinajstić information content (AvgIpc) is 3.49. The van der Waals surface area contributed by atoms with Crippen LogP contribution in [0.3, 0.4) is 0 Å². The Morgan fingerprint density at radius 2 is 1.73 bits per heavy atom. The van der Waals surface area contributed by atoms with Crippen LogP contribution in [0, 0.1) is 0 Å².